The Morgan fingerprint density at radius 1 is 1.56 bits per heavy atom. The molecule has 2 rings (SSSR count). The molecule has 18 heavy (non-hydrogen) atoms. The second-order valence-corrected chi connectivity index (χ2v) is 5.58. The number of nitrogens with one attached hydrogen (secondary N) is 2. The van der Waals surface area contributed by atoms with Crippen molar-refractivity contribution in [1.82, 2.24) is 10.6 Å². The van der Waals surface area contributed by atoms with Crippen molar-refractivity contribution < 1.29 is 4.79 Å². The summed E-state index contributed by atoms with van der Waals surface area (Å²) in [5.41, 5.74) is 1.85. The van der Waals surface area contributed by atoms with E-state index in [-0.39, 0.29) is 18.3 Å². The lowest BCUT2D eigenvalue weighted by atomic mass is 10.1. The molecule has 1 heterocycles. The van der Waals surface area contributed by atoms with E-state index < -0.39 is 0 Å². The Hall–Kier alpha value is -0.330. The average Bonchev–Trinajstić information content (AvgIpc) is 2.82. The van der Waals surface area contributed by atoms with Gasteiger partial charge in [-0.15, -0.1) is 12.4 Å². The summed E-state index contributed by atoms with van der Waals surface area (Å²) in [5.74, 6) is 0.0368. The lowest BCUT2D eigenvalue weighted by Gasteiger charge is -2.13. The van der Waals surface area contributed by atoms with Gasteiger partial charge in [-0.3, -0.25) is 4.79 Å². The molecule has 0 bridgehead atoms. The fourth-order valence-corrected chi connectivity index (χ4v) is 2.59. The van der Waals surface area contributed by atoms with E-state index >= 15 is 0 Å². The van der Waals surface area contributed by atoms with E-state index in [0.717, 1.165) is 34.2 Å². The van der Waals surface area contributed by atoms with Crippen LogP contribution in [0, 0.1) is 10.5 Å². The third-order valence-corrected chi connectivity index (χ3v) is 4.35. The largest absolute Gasteiger partial charge is 0.350 e. The SMILES string of the molecule is Cc1c(I)cccc1C(=O)NCC1CCCN1.Cl. The number of halogens is 2. The van der Waals surface area contributed by atoms with Gasteiger partial charge in [0.15, 0.2) is 0 Å². The first-order chi connectivity index (χ1) is 8.18. The molecule has 1 saturated heterocycles. The summed E-state index contributed by atoms with van der Waals surface area (Å²) in [6.45, 7) is 3.79. The van der Waals surface area contributed by atoms with Gasteiger partial charge in [-0.05, 0) is 66.6 Å². The number of hydrogen-bond donors (Lipinski definition) is 2. The molecular weight excluding hydrogens is 363 g/mol. The van der Waals surface area contributed by atoms with Crippen LogP contribution in [0.3, 0.4) is 0 Å². The molecule has 0 aliphatic carbocycles. The highest BCUT2D eigenvalue weighted by atomic mass is 127. The van der Waals surface area contributed by atoms with Crippen LogP contribution < -0.4 is 10.6 Å². The van der Waals surface area contributed by atoms with Crippen LogP contribution in [0.1, 0.15) is 28.8 Å². The van der Waals surface area contributed by atoms with Gasteiger partial charge in [-0.1, -0.05) is 6.07 Å². The standard InChI is InChI=1S/C13H17IN2O.ClH/c1-9-11(5-2-6-12(9)14)13(17)16-8-10-4-3-7-15-10;/h2,5-6,10,15H,3-4,7-8H2,1H3,(H,16,17);1H. The molecular formula is C13H18ClIN2O. The summed E-state index contributed by atoms with van der Waals surface area (Å²) in [6.07, 6.45) is 2.37. The van der Waals surface area contributed by atoms with Gasteiger partial charge in [0.2, 0.25) is 0 Å². The number of amides is 1. The van der Waals surface area contributed by atoms with Crippen molar-refractivity contribution in [3.8, 4) is 0 Å². The molecule has 100 valence electrons. The Bertz CT molecular complexity index is 419. The van der Waals surface area contributed by atoms with Gasteiger partial charge in [0.1, 0.15) is 0 Å². The van der Waals surface area contributed by atoms with Crippen LogP contribution in [0.25, 0.3) is 0 Å². The minimum Gasteiger partial charge on any atom is -0.350 e. The second-order valence-electron chi connectivity index (χ2n) is 4.42. The van der Waals surface area contributed by atoms with Crippen LogP contribution in [-0.2, 0) is 0 Å². The molecule has 1 unspecified atom stereocenters. The summed E-state index contributed by atoms with van der Waals surface area (Å²) in [4.78, 5) is 12.0. The monoisotopic (exact) mass is 380 g/mol. The van der Waals surface area contributed by atoms with Gasteiger partial charge < -0.3 is 10.6 Å². The maximum Gasteiger partial charge on any atom is 0.251 e. The van der Waals surface area contributed by atoms with E-state index in [9.17, 15) is 4.79 Å². The summed E-state index contributed by atoms with van der Waals surface area (Å²) in [6, 6.07) is 6.28. The van der Waals surface area contributed by atoms with E-state index in [1.54, 1.807) is 0 Å². The highest BCUT2D eigenvalue weighted by Crippen LogP contribution is 2.15. The first-order valence-electron chi connectivity index (χ1n) is 5.95. The van der Waals surface area contributed by atoms with Crippen molar-refractivity contribution in [1.29, 1.82) is 0 Å². The van der Waals surface area contributed by atoms with Crippen LogP contribution >= 0.6 is 35.0 Å². The quantitative estimate of drug-likeness (QED) is 0.791. The summed E-state index contributed by atoms with van der Waals surface area (Å²) in [5, 5.41) is 6.38. The highest BCUT2D eigenvalue weighted by molar-refractivity contribution is 14.1. The van der Waals surface area contributed by atoms with Crippen molar-refractivity contribution in [3.05, 3.63) is 32.9 Å². The maximum atomic E-state index is 12.0. The highest BCUT2D eigenvalue weighted by Gasteiger charge is 2.16. The fourth-order valence-electron chi connectivity index (χ4n) is 2.10. The zero-order chi connectivity index (χ0) is 12.3. The van der Waals surface area contributed by atoms with Crippen molar-refractivity contribution in [2.75, 3.05) is 13.1 Å². The molecule has 1 amide bonds. The molecule has 1 aromatic rings. The Balaban J connectivity index is 0.00000162. The van der Waals surface area contributed by atoms with E-state index in [2.05, 4.69) is 33.2 Å². The first kappa shape index (κ1) is 15.7. The Labute approximate surface area is 128 Å². The Morgan fingerprint density at radius 3 is 3.00 bits per heavy atom. The van der Waals surface area contributed by atoms with Crippen molar-refractivity contribution >= 4 is 40.9 Å². The van der Waals surface area contributed by atoms with Crippen molar-refractivity contribution in [3.63, 3.8) is 0 Å². The minimum absolute atomic E-state index is 0. The predicted molar refractivity (Wildman–Crippen MR) is 84.5 cm³/mol. The fraction of sp³-hybridized carbons (Fsp3) is 0.462. The second kappa shape index (κ2) is 7.31. The van der Waals surface area contributed by atoms with E-state index in [1.165, 1.54) is 6.42 Å². The zero-order valence-electron chi connectivity index (χ0n) is 10.3. The van der Waals surface area contributed by atoms with Crippen LogP contribution in [0.2, 0.25) is 0 Å². The van der Waals surface area contributed by atoms with Gasteiger partial charge in [0.25, 0.3) is 5.91 Å². The third kappa shape index (κ3) is 3.83. The number of hydrogen-bond acceptors (Lipinski definition) is 2. The van der Waals surface area contributed by atoms with Crippen LogP contribution in [-0.4, -0.2) is 25.0 Å². The van der Waals surface area contributed by atoms with E-state index in [1.807, 2.05) is 25.1 Å². The summed E-state index contributed by atoms with van der Waals surface area (Å²) >= 11 is 2.26. The van der Waals surface area contributed by atoms with E-state index in [4.69, 9.17) is 0 Å². The molecule has 0 saturated carbocycles. The Kier molecular flexibility index (Phi) is 6.38. The number of carbonyl (C=O) groups excluding carboxylic acids is 1. The van der Waals surface area contributed by atoms with Crippen LogP contribution in [0.5, 0.6) is 0 Å². The topological polar surface area (TPSA) is 41.1 Å². The smallest absolute Gasteiger partial charge is 0.251 e. The molecule has 0 spiro atoms. The normalized spacial score (nSPS) is 18.2. The van der Waals surface area contributed by atoms with Gasteiger partial charge in [-0.25, -0.2) is 0 Å². The third-order valence-electron chi connectivity index (χ3n) is 3.18. The van der Waals surface area contributed by atoms with Gasteiger partial charge in [0.05, 0.1) is 0 Å². The predicted octanol–water partition coefficient (Wildman–Crippen LogP) is 2.50. The minimum atomic E-state index is 0. The molecule has 0 aromatic heterocycles. The number of rotatable bonds is 3. The molecule has 1 fully saturated rings. The molecule has 1 aliphatic rings. The van der Waals surface area contributed by atoms with Gasteiger partial charge in [-0.2, -0.15) is 0 Å². The molecule has 1 aromatic carbocycles. The molecule has 5 heteroatoms. The van der Waals surface area contributed by atoms with Crippen LogP contribution in [0.4, 0.5) is 0 Å². The zero-order valence-corrected chi connectivity index (χ0v) is 13.3. The summed E-state index contributed by atoms with van der Waals surface area (Å²) < 4.78 is 1.13. The lowest BCUT2D eigenvalue weighted by molar-refractivity contribution is 0.0949. The van der Waals surface area contributed by atoms with Gasteiger partial charge >= 0.3 is 0 Å². The average molecular weight is 381 g/mol. The Morgan fingerprint density at radius 2 is 2.33 bits per heavy atom. The number of carbonyl (C=O) groups is 1. The van der Waals surface area contributed by atoms with Crippen molar-refractivity contribution in [2.24, 2.45) is 0 Å². The van der Waals surface area contributed by atoms with E-state index in [0.29, 0.717) is 6.04 Å². The molecule has 0 radical (unpaired) electrons. The van der Waals surface area contributed by atoms with Crippen LogP contribution in [0.15, 0.2) is 18.2 Å². The molecule has 1 atom stereocenters. The lowest BCUT2D eigenvalue weighted by Crippen LogP contribution is -2.37. The molecule has 2 N–H and O–H groups in total. The molecule has 1 aliphatic heterocycles. The first-order valence-corrected chi connectivity index (χ1v) is 7.03. The van der Waals surface area contributed by atoms with Crippen molar-refractivity contribution in [2.45, 2.75) is 25.8 Å². The molecule has 3 nitrogen and oxygen atoms in total. The summed E-state index contributed by atoms with van der Waals surface area (Å²) in [7, 11) is 0. The number of benzene rings is 1. The van der Waals surface area contributed by atoms with Gasteiger partial charge in [0, 0.05) is 21.7 Å². The maximum absolute atomic E-state index is 12.0.